The van der Waals surface area contributed by atoms with Gasteiger partial charge in [0.2, 0.25) is 5.91 Å². The van der Waals surface area contributed by atoms with Gasteiger partial charge in [-0.3, -0.25) is 14.5 Å². The molecule has 2 N–H and O–H groups in total. The van der Waals surface area contributed by atoms with Gasteiger partial charge in [-0.05, 0) is 77.7 Å². The molecule has 28 heavy (non-hydrogen) atoms. The molecule has 5 nitrogen and oxygen atoms in total. The number of benzene rings is 2. The second-order valence-electron chi connectivity index (χ2n) is 7.39. The smallest absolute Gasteiger partial charge is 0.252 e. The first-order valence-corrected chi connectivity index (χ1v) is 10.7. The van der Waals surface area contributed by atoms with Crippen molar-refractivity contribution in [3.8, 4) is 0 Å². The number of hydrogen-bond donors (Lipinski definition) is 2. The van der Waals surface area contributed by atoms with Gasteiger partial charge in [0, 0.05) is 22.3 Å². The third-order valence-electron chi connectivity index (χ3n) is 4.91. The molecule has 0 saturated carbocycles. The number of likely N-dealkylation sites (tertiary alicyclic amines) is 1. The number of halogens is 1. The van der Waals surface area contributed by atoms with E-state index in [0.717, 1.165) is 34.8 Å². The van der Waals surface area contributed by atoms with Crippen LogP contribution in [0.3, 0.4) is 0 Å². The molecule has 1 fully saturated rings. The van der Waals surface area contributed by atoms with Gasteiger partial charge in [-0.15, -0.1) is 0 Å². The quantitative estimate of drug-likeness (QED) is 0.603. The Balaban J connectivity index is 1.46. The first kappa shape index (κ1) is 20.8. The molecule has 6 heteroatoms. The van der Waals surface area contributed by atoms with Crippen molar-refractivity contribution in [3.05, 3.63) is 63.2 Å². The zero-order valence-electron chi connectivity index (χ0n) is 16.1. The van der Waals surface area contributed by atoms with Crippen molar-refractivity contribution in [2.45, 2.75) is 26.3 Å². The fraction of sp³-hybridized carbons (Fsp3) is 0.364. The summed E-state index contributed by atoms with van der Waals surface area (Å²) in [6.45, 7) is 5.51. The molecule has 0 spiro atoms. The molecular formula is C22H26IN3O2. The number of carbonyl (C=O) groups is 2. The molecule has 148 valence electrons. The Bertz CT molecular complexity index is 823. The van der Waals surface area contributed by atoms with Gasteiger partial charge in [-0.2, -0.15) is 0 Å². The lowest BCUT2D eigenvalue weighted by Gasteiger charge is -2.30. The van der Waals surface area contributed by atoms with Crippen molar-refractivity contribution < 1.29 is 9.59 Å². The summed E-state index contributed by atoms with van der Waals surface area (Å²) in [4.78, 5) is 26.8. The maximum absolute atomic E-state index is 12.2. The van der Waals surface area contributed by atoms with E-state index in [0.29, 0.717) is 5.56 Å². The van der Waals surface area contributed by atoms with Gasteiger partial charge in [0.05, 0.1) is 12.1 Å². The maximum atomic E-state index is 12.2. The number of carbonyl (C=O) groups excluding carboxylic acids is 2. The number of anilines is 1. The molecule has 0 bridgehead atoms. The van der Waals surface area contributed by atoms with Crippen molar-refractivity contribution in [2.75, 3.05) is 25.0 Å². The summed E-state index contributed by atoms with van der Waals surface area (Å²) in [7, 11) is 0. The lowest BCUT2D eigenvalue weighted by atomic mass is 10.00. The Hall–Kier alpha value is -1.93. The Morgan fingerprint density at radius 1 is 1.14 bits per heavy atom. The monoisotopic (exact) mass is 491 g/mol. The van der Waals surface area contributed by atoms with Gasteiger partial charge >= 0.3 is 0 Å². The van der Waals surface area contributed by atoms with Crippen molar-refractivity contribution in [2.24, 2.45) is 5.92 Å². The van der Waals surface area contributed by atoms with Crippen LogP contribution >= 0.6 is 22.6 Å². The number of amides is 2. The summed E-state index contributed by atoms with van der Waals surface area (Å²) in [6, 6.07) is 15.2. The van der Waals surface area contributed by atoms with Gasteiger partial charge in [-0.1, -0.05) is 31.2 Å². The number of nitrogens with zero attached hydrogens (tertiary/aromatic N) is 1. The van der Waals surface area contributed by atoms with Gasteiger partial charge < -0.3 is 10.6 Å². The van der Waals surface area contributed by atoms with Crippen LogP contribution in [0.1, 0.15) is 35.7 Å². The number of piperidine rings is 1. The molecule has 1 aliphatic rings. The predicted octanol–water partition coefficient (Wildman–Crippen LogP) is 3.89. The van der Waals surface area contributed by atoms with E-state index >= 15 is 0 Å². The molecule has 1 aliphatic heterocycles. The van der Waals surface area contributed by atoms with Crippen LogP contribution in [0.2, 0.25) is 0 Å². The molecule has 2 amide bonds. The van der Waals surface area contributed by atoms with Crippen molar-refractivity contribution >= 4 is 40.1 Å². The minimum absolute atomic E-state index is 0.0583. The van der Waals surface area contributed by atoms with E-state index in [1.807, 2.05) is 30.3 Å². The summed E-state index contributed by atoms with van der Waals surface area (Å²) >= 11 is 2.11. The first-order chi connectivity index (χ1) is 13.5. The van der Waals surface area contributed by atoms with Crippen LogP contribution in [0.15, 0.2) is 48.5 Å². The second-order valence-corrected chi connectivity index (χ2v) is 8.55. The molecule has 0 radical (unpaired) electrons. The van der Waals surface area contributed by atoms with Crippen LogP contribution in [-0.2, 0) is 11.3 Å². The minimum atomic E-state index is -0.244. The highest BCUT2D eigenvalue weighted by atomic mass is 127. The highest BCUT2D eigenvalue weighted by Gasteiger charge is 2.16. The minimum Gasteiger partial charge on any atom is -0.343 e. The van der Waals surface area contributed by atoms with Crippen LogP contribution < -0.4 is 10.6 Å². The molecule has 3 rings (SSSR count). The molecule has 0 aromatic heterocycles. The number of hydrogen-bond acceptors (Lipinski definition) is 3. The summed E-state index contributed by atoms with van der Waals surface area (Å²) in [5.41, 5.74) is 2.57. The largest absolute Gasteiger partial charge is 0.343 e. The van der Waals surface area contributed by atoms with Crippen molar-refractivity contribution in [3.63, 3.8) is 0 Å². The average Bonchev–Trinajstić information content (AvgIpc) is 2.68. The molecule has 1 saturated heterocycles. The van der Waals surface area contributed by atoms with Crippen molar-refractivity contribution in [1.29, 1.82) is 0 Å². The van der Waals surface area contributed by atoms with Crippen LogP contribution in [0.5, 0.6) is 0 Å². The third kappa shape index (κ3) is 6.04. The SMILES string of the molecule is CC1CCCN(Cc2ccc(NC(=O)CNC(=O)c3ccccc3I)cc2)C1. The lowest BCUT2D eigenvalue weighted by Crippen LogP contribution is -2.33. The van der Waals surface area contributed by atoms with Crippen LogP contribution in [0.25, 0.3) is 0 Å². The van der Waals surface area contributed by atoms with E-state index < -0.39 is 0 Å². The van der Waals surface area contributed by atoms with E-state index in [1.165, 1.54) is 18.4 Å². The molecular weight excluding hydrogens is 465 g/mol. The topological polar surface area (TPSA) is 61.4 Å². The summed E-state index contributed by atoms with van der Waals surface area (Å²) in [5.74, 6) is 0.282. The van der Waals surface area contributed by atoms with Gasteiger partial charge in [0.15, 0.2) is 0 Å². The molecule has 0 aliphatic carbocycles. The summed E-state index contributed by atoms with van der Waals surface area (Å²) < 4.78 is 0.858. The van der Waals surface area contributed by atoms with Crippen LogP contribution in [0.4, 0.5) is 5.69 Å². The third-order valence-corrected chi connectivity index (χ3v) is 5.85. The highest BCUT2D eigenvalue weighted by molar-refractivity contribution is 14.1. The van der Waals surface area contributed by atoms with E-state index in [9.17, 15) is 9.59 Å². The van der Waals surface area contributed by atoms with E-state index in [2.05, 4.69) is 57.2 Å². The normalized spacial score (nSPS) is 17.1. The van der Waals surface area contributed by atoms with E-state index in [1.54, 1.807) is 6.07 Å². The predicted molar refractivity (Wildman–Crippen MR) is 120 cm³/mol. The van der Waals surface area contributed by atoms with Gasteiger partial charge in [0.25, 0.3) is 5.91 Å². The van der Waals surface area contributed by atoms with E-state index in [4.69, 9.17) is 0 Å². The fourth-order valence-electron chi connectivity index (χ4n) is 3.49. The lowest BCUT2D eigenvalue weighted by molar-refractivity contribution is -0.115. The summed E-state index contributed by atoms with van der Waals surface area (Å²) in [5, 5.41) is 5.50. The molecule has 1 unspecified atom stereocenters. The molecule has 1 heterocycles. The fourth-order valence-corrected chi connectivity index (χ4v) is 4.12. The Morgan fingerprint density at radius 2 is 1.89 bits per heavy atom. The second kappa shape index (κ2) is 10.0. The van der Waals surface area contributed by atoms with Crippen molar-refractivity contribution in [1.82, 2.24) is 10.2 Å². The van der Waals surface area contributed by atoms with E-state index in [-0.39, 0.29) is 18.4 Å². The Labute approximate surface area is 180 Å². The first-order valence-electron chi connectivity index (χ1n) is 9.65. The maximum Gasteiger partial charge on any atom is 0.252 e. The average molecular weight is 491 g/mol. The molecule has 1 atom stereocenters. The zero-order chi connectivity index (χ0) is 19.9. The Morgan fingerprint density at radius 3 is 2.61 bits per heavy atom. The number of rotatable bonds is 6. The van der Waals surface area contributed by atoms with Gasteiger partial charge in [-0.25, -0.2) is 0 Å². The Kier molecular flexibility index (Phi) is 7.44. The number of nitrogens with one attached hydrogen (secondary N) is 2. The molecule has 2 aromatic carbocycles. The highest BCUT2D eigenvalue weighted by Crippen LogP contribution is 2.19. The molecule has 2 aromatic rings. The summed E-state index contributed by atoms with van der Waals surface area (Å²) in [6.07, 6.45) is 2.59. The van der Waals surface area contributed by atoms with Gasteiger partial charge in [0.1, 0.15) is 0 Å². The standard InChI is InChI=1S/C22H26IN3O2/c1-16-5-4-12-26(14-16)15-17-8-10-18(11-9-17)25-21(27)13-24-22(28)19-6-2-3-7-20(19)23/h2-3,6-11,16H,4-5,12-15H2,1H3,(H,24,28)(H,25,27). The van der Waals surface area contributed by atoms with Crippen LogP contribution in [0, 0.1) is 9.49 Å². The zero-order valence-corrected chi connectivity index (χ0v) is 18.2. The van der Waals surface area contributed by atoms with Crippen LogP contribution in [-0.4, -0.2) is 36.3 Å².